The fourth-order valence-electron chi connectivity index (χ4n) is 4.42. The molecule has 3 aromatic rings. The van der Waals surface area contributed by atoms with Gasteiger partial charge in [0.1, 0.15) is 0 Å². The summed E-state index contributed by atoms with van der Waals surface area (Å²) >= 11 is 0. The number of halogens is 1. The number of nitrogens with zero attached hydrogens (tertiary/aromatic N) is 1. The molecular weight excluding hydrogens is 497 g/mol. The van der Waals surface area contributed by atoms with E-state index >= 15 is 0 Å². The average molecular weight is 530 g/mol. The molecule has 3 aromatic carbocycles. The maximum absolute atomic E-state index is 13.3. The first-order chi connectivity index (χ1) is 18.9. The number of hydrogen-bond acceptors (Lipinski definition) is 3. The van der Waals surface area contributed by atoms with Crippen LogP contribution in [0.3, 0.4) is 0 Å². The normalized spacial score (nSPS) is 13.6. The van der Waals surface area contributed by atoms with E-state index in [1.807, 2.05) is 54.6 Å². The van der Waals surface area contributed by atoms with Crippen molar-refractivity contribution in [3.63, 3.8) is 0 Å². The number of carbonyl (C=O) groups is 3. The lowest BCUT2D eigenvalue weighted by molar-refractivity contribution is -0.142. The van der Waals surface area contributed by atoms with Gasteiger partial charge in [0.25, 0.3) is 5.91 Å². The predicted octanol–water partition coefficient (Wildman–Crippen LogP) is 5.71. The first-order valence-electron chi connectivity index (χ1n) is 13.0. The summed E-state index contributed by atoms with van der Waals surface area (Å²) in [4.78, 5) is 37.9. The highest BCUT2D eigenvalue weighted by Crippen LogP contribution is 2.28. The molecule has 0 aliphatic heterocycles. The fourth-order valence-corrected chi connectivity index (χ4v) is 4.42. The summed E-state index contributed by atoms with van der Waals surface area (Å²) in [6.07, 6.45) is 4.67. The van der Waals surface area contributed by atoms with Gasteiger partial charge in [-0.25, -0.2) is 14.0 Å². The number of hydrogen-bond donors (Lipinski definition) is 3. The van der Waals surface area contributed by atoms with Crippen molar-refractivity contribution in [1.29, 1.82) is 0 Å². The van der Waals surface area contributed by atoms with Crippen molar-refractivity contribution < 1.29 is 23.9 Å². The average Bonchev–Trinajstić information content (AvgIpc) is 2.98. The molecule has 8 heteroatoms. The molecule has 202 valence electrons. The Kier molecular flexibility index (Phi) is 9.45. The highest BCUT2D eigenvalue weighted by molar-refractivity contribution is 5.95. The summed E-state index contributed by atoms with van der Waals surface area (Å²) in [5.74, 6) is -2.20. The van der Waals surface area contributed by atoms with Crippen LogP contribution in [0.4, 0.5) is 14.9 Å². The first kappa shape index (κ1) is 27.6. The van der Waals surface area contributed by atoms with Crippen LogP contribution in [0, 0.1) is 0 Å². The third-order valence-corrected chi connectivity index (χ3v) is 6.64. The Morgan fingerprint density at radius 1 is 0.872 bits per heavy atom. The molecule has 4 rings (SSSR count). The first-order valence-corrected chi connectivity index (χ1v) is 13.0. The molecule has 0 radical (unpaired) electrons. The minimum atomic E-state index is -2.17. The van der Waals surface area contributed by atoms with Crippen molar-refractivity contribution in [1.82, 2.24) is 10.6 Å². The lowest BCUT2D eigenvalue weighted by atomic mass is 9.93. The number of alkyl halides is 1. The van der Waals surface area contributed by atoms with E-state index in [0.717, 1.165) is 35.2 Å². The molecule has 1 atom stereocenters. The maximum Gasteiger partial charge on any atom is 0.340 e. The van der Waals surface area contributed by atoms with Gasteiger partial charge in [-0.3, -0.25) is 9.69 Å². The molecular formula is C31H32FN3O4. The molecule has 3 N–H and O–H groups in total. The Balaban J connectivity index is 1.48. The summed E-state index contributed by atoms with van der Waals surface area (Å²) in [7, 11) is 0. The van der Waals surface area contributed by atoms with Crippen LogP contribution >= 0.6 is 0 Å². The van der Waals surface area contributed by atoms with Crippen molar-refractivity contribution in [3.05, 3.63) is 107 Å². The van der Waals surface area contributed by atoms with Crippen LogP contribution in [-0.2, 0) is 17.9 Å². The van der Waals surface area contributed by atoms with Crippen LogP contribution in [0.25, 0.3) is 5.57 Å². The Hall–Kier alpha value is -4.46. The lowest BCUT2D eigenvalue weighted by Gasteiger charge is -2.24. The number of urea groups is 1. The standard InChI is InChI=1S/C31H32FN3O4/c32-28(30(37)38)20-33-29(36)26-13-11-23(12-14-26)21-35(31(39)34-19-22-7-3-1-4-8-22)27-17-15-25(16-18-27)24-9-5-2-6-10-24/h1,3-4,7-9,11-18,28H,2,5-6,10,19-21H2,(H,33,36)(H,34,39)(H,37,38). The molecule has 7 nitrogen and oxygen atoms in total. The van der Waals surface area contributed by atoms with Gasteiger partial charge in [0.05, 0.1) is 13.1 Å². The van der Waals surface area contributed by atoms with Crippen molar-refractivity contribution in [2.75, 3.05) is 11.4 Å². The highest BCUT2D eigenvalue weighted by atomic mass is 19.1. The van der Waals surface area contributed by atoms with Crippen molar-refractivity contribution in [2.24, 2.45) is 0 Å². The van der Waals surface area contributed by atoms with Crippen LogP contribution in [0.15, 0.2) is 84.9 Å². The quantitative estimate of drug-likeness (QED) is 0.313. The van der Waals surface area contributed by atoms with Gasteiger partial charge in [-0.15, -0.1) is 0 Å². The number of anilines is 1. The third-order valence-electron chi connectivity index (χ3n) is 6.64. The number of amides is 3. The zero-order valence-electron chi connectivity index (χ0n) is 21.6. The summed E-state index contributed by atoms with van der Waals surface area (Å²) in [5.41, 5.74) is 5.28. The summed E-state index contributed by atoms with van der Waals surface area (Å²) < 4.78 is 13.3. The summed E-state index contributed by atoms with van der Waals surface area (Å²) in [5, 5.41) is 13.9. The number of carboxylic acids is 1. The number of allylic oxidation sites excluding steroid dienone is 2. The minimum absolute atomic E-state index is 0.257. The second-order valence-electron chi connectivity index (χ2n) is 9.47. The molecule has 0 heterocycles. The largest absolute Gasteiger partial charge is 0.479 e. The van der Waals surface area contributed by atoms with E-state index in [0.29, 0.717) is 6.54 Å². The molecule has 3 amide bonds. The summed E-state index contributed by atoms with van der Waals surface area (Å²) in [6.45, 7) is 0.0282. The third kappa shape index (κ3) is 7.77. The lowest BCUT2D eigenvalue weighted by Crippen LogP contribution is -2.39. The van der Waals surface area contributed by atoms with Gasteiger partial charge < -0.3 is 15.7 Å². The second-order valence-corrected chi connectivity index (χ2v) is 9.47. The number of benzene rings is 3. The Morgan fingerprint density at radius 2 is 1.59 bits per heavy atom. The Labute approximate surface area is 227 Å². The van der Waals surface area contributed by atoms with E-state index in [2.05, 4.69) is 16.7 Å². The smallest absolute Gasteiger partial charge is 0.340 e. The number of nitrogens with one attached hydrogen (secondary N) is 2. The monoisotopic (exact) mass is 529 g/mol. The Morgan fingerprint density at radius 3 is 2.23 bits per heavy atom. The predicted molar refractivity (Wildman–Crippen MR) is 149 cm³/mol. The fraction of sp³-hybridized carbons (Fsp3) is 0.258. The SMILES string of the molecule is O=C(NCC(F)C(=O)O)c1ccc(CN(C(=O)NCc2ccccc2)c2ccc(C3=CCCCC3)cc2)cc1. The molecule has 1 unspecified atom stereocenters. The summed E-state index contributed by atoms with van der Waals surface area (Å²) in [6, 6.07) is 24.0. The van der Waals surface area contributed by atoms with Gasteiger partial charge in [0.2, 0.25) is 6.17 Å². The highest BCUT2D eigenvalue weighted by Gasteiger charge is 2.19. The van der Waals surface area contributed by atoms with E-state index in [9.17, 15) is 18.8 Å². The van der Waals surface area contributed by atoms with Crippen LogP contribution in [0.5, 0.6) is 0 Å². The van der Waals surface area contributed by atoms with Crippen molar-refractivity contribution in [2.45, 2.75) is 44.9 Å². The molecule has 39 heavy (non-hydrogen) atoms. The van der Waals surface area contributed by atoms with Crippen molar-refractivity contribution in [3.8, 4) is 0 Å². The molecule has 1 aliphatic rings. The molecule has 1 aliphatic carbocycles. The van der Waals surface area contributed by atoms with Crippen LogP contribution in [0.2, 0.25) is 0 Å². The van der Waals surface area contributed by atoms with Crippen LogP contribution in [-0.4, -0.2) is 35.7 Å². The van der Waals surface area contributed by atoms with Gasteiger partial charge >= 0.3 is 12.0 Å². The Bertz CT molecular complexity index is 1310. The van der Waals surface area contributed by atoms with E-state index in [1.54, 1.807) is 29.2 Å². The molecule has 0 spiro atoms. The van der Waals surface area contributed by atoms with E-state index in [-0.39, 0.29) is 18.1 Å². The molecule has 0 saturated heterocycles. The van der Waals surface area contributed by atoms with Gasteiger partial charge in [-0.05, 0) is 72.2 Å². The zero-order valence-corrected chi connectivity index (χ0v) is 21.6. The van der Waals surface area contributed by atoms with E-state index in [1.165, 1.54) is 18.4 Å². The molecule has 0 fully saturated rings. The molecule has 0 bridgehead atoms. The number of carbonyl (C=O) groups excluding carboxylic acids is 2. The topological polar surface area (TPSA) is 98.7 Å². The second kappa shape index (κ2) is 13.4. The number of rotatable bonds is 10. The van der Waals surface area contributed by atoms with Crippen LogP contribution in [0.1, 0.15) is 52.7 Å². The van der Waals surface area contributed by atoms with Gasteiger partial charge in [0.15, 0.2) is 0 Å². The van der Waals surface area contributed by atoms with Gasteiger partial charge in [0, 0.05) is 17.8 Å². The zero-order chi connectivity index (χ0) is 27.6. The van der Waals surface area contributed by atoms with E-state index in [4.69, 9.17) is 5.11 Å². The molecule has 0 saturated carbocycles. The minimum Gasteiger partial charge on any atom is -0.479 e. The molecule has 0 aromatic heterocycles. The van der Waals surface area contributed by atoms with Gasteiger partial charge in [-0.1, -0.05) is 60.7 Å². The number of aliphatic carboxylic acids is 1. The maximum atomic E-state index is 13.3. The van der Waals surface area contributed by atoms with E-state index < -0.39 is 24.6 Å². The van der Waals surface area contributed by atoms with Gasteiger partial charge in [-0.2, -0.15) is 0 Å². The number of carboxylic acid groups (broad SMARTS) is 1. The van der Waals surface area contributed by atoms with Crippen LogP contribution < -0.4 is 15.5 Å². The van der Waals surface area contributed by atoms with Crippen molar-refractivity contribution >= 4 is 29.2 Å².